The summed E-state index contributed by atoms with van der Waals surface area (Å²) >= 11 is 0. The van der Waals surface area contributed by atoms with E-state index in [-0.39, 0.29) is 5.95 Å². The molecule has 2 heterocycles. The summed E-state index contributed by atoms with van der Waals surface area (Å²) in [5, 5.41) is 3.26. The van der Waals surface area contributed by atoms with Crippen LogP contribution in [0, 0.1) is 5.92 Å². The standard InChI is InChI=1S/C14H26N6O/c1-3-9-21-14-18-12(15)17-13(19-14)16-10-11-5-7-20(4-2)8-6-11/h11H,3-10H2,1-2H3,(H3,15,16,17,18,19). The normalized spacial score (nSPS) is 16.9. The van der Waals surface area contributed by atoms with Crippen molar-refractivity contribution < 1.29 is 4.74 Å². The van der Waals surface area contributed by atoms with Crippen molar-refractivity contribution in [1.82, 2.24) is 19.9 Å². The minimum atomic E-state index is 0.194. The molecule has 1 aliphatic heterocycles. The maximum Gasteiger partial charge on any atom is 0.323 e. The van der Waals surface area contributed by atoms with Gasteiger partial charge in [0.25, 0.3) is 0 Å². The minimum absolute atomic E-state index is 0.194. The molecule has 3 N–H and O–H groups in total. The number of likely N-dealkylation sites (tertiary alicyclic amines) is 1. The fraction of sp³-hybridized carbons (Fsp3) is 0.786. The van der Waals surface area contributed by atoms with Crippen molar-refractivity contribution in [2.45, 2.75) is 33.1 Å². The highest BCUT2D eigenvalue weighted by Crippen LogP contribution is 2.17. The number of nitrogens with one attached hydrogen (secondary N) is 1. The van der Waals surface area contributed by atoms with Gasteiger partial charge in [0.15, 0.2) is 0 Å². The highest BCUT2D eigenvalue weighted by Gasteiger charge is 2.18. The Kier molecular flexibility index (Phi) is 5.98. The van der Waals surface area contributed by atoms with Crippen molar-refractivity contribution in [3.05, 3.63) is 0 Å². The van der Waals surface area contributed by atoms with Crippen LogP contribution < -0.4 is 15.8 Å². The number of piperidine rings is 1. The van der Waals surface area contributed by atoms with Crippen LogP contribution in [0.15, 0.2) is 0 Å². The van der Waals surface area contributed by atoms with Gasteiger partial charge < -0.3 is 20.7 Å². The topological polar surface area (TPSA) is 89.2 Å². The number of nitrogen functional groups attached to an aromatic ring is 1. The number of nitrogens with two attached hydrogens (primary N) is 1. The van der Waals surface area contributed by atoms with E-state index >= 15 is 0 Å². The molecule has 7 nitrogen and oxygen atoms in total. The second-order valence-electron chi connectivity index (χ2n) is 5.41. The lowest BCUT2D eigenvalue weighted by Gasteiger charge is -2.31. The Hall–Kier alpha value is -1.63. The zero-order valence-electron chi connectivity index (χ0n) is 13.0. The van der Waals surface area contributed by atoms with Crippen molar-refractivity contribution in [2.24, 2.45) is 5.92 Å². The number of hydrogen-bond acceptors (Lipinski definition) is 7. The first-order valence-corrected chi connectivity index (χ1v) is 7.81. The molecule has 0 aromatic carbocycles. The fourth-order valence-corrected chi connectivity index (χ4v) is 2.45. The maximum absolute atomic E-state index is 5.69. The SMILES string of the molecule is CCCOc1nc(N)nc(NCC2CCN(CC)CC2)n1. The second kappa shape index (κ2) is 7.97. The summed E-state index contributed by atoms with van der Waals surface area (Å²) in [6.45, 7) is 9.19. The number of rotatable bonds is 7. The molecular formula is C14H26N6O. The Labute approximate surface area is 126 Å². The van der Waals surface area contributed by atoms with Crippen molar-refractivity contribution in [3.63, 3.8) is 0 Å². The molecule has 0 atom stereocenters. The van der Waals surface area contributed by atoms with Gasteiger partial charge in [-0.15, -0.1) is 0 Å². The molecule has 21 heavy (non-hydrogen) atoms. The molecular weight excluding hydrogens is 268 g/mol. The number of nitrogens with zero attached hydrogens (tertiary/aromatic N) is 4. The summed E-state index contributed by atoms with van der Waals surface area (Å²) in [6, 6.07) is 0.299. The van der Waals surface area contributed by atoms with Crippen molar-refractivity contribution in [2.75, 3.05) is 43.8 Å². The van der Waals surface area contributed by atoms with E-state index < -0.39 is 0 Å². The van der Waals surface area contributed by atoms with Crippen LogP contribution in [-0.2, 0) is 0 Å². The Morgan fingerprint density at radius 1 is 1.24 bits per heavy atom. The van der Waals surface area contributed by atoms with Crippen LogP contribution in [0.3, 0.4) is 0 Å². The zero-order chi connectivity index (χ0) is 15.1. The van der Waals surface area contributed by atoms with Gasteiger partial charge in [0, 0.05) is 6.54 Å². The molecule has 0 bridgehead atoms. The summed E-state index contributed by atoms with van der Waals surface area (Å²) in [5.74, 6) is 1.36. The molecule has 1 aliphatic rings. The first kappa shape index (κ1) is 15.8. The van der Waals surface area contributed by atoms with E-state index in [9.17, 15) is 0 Å². The van der Waals surface area contributed by atoms with E-state index in [1.165, 1.54) is 25.9 Å². The third kappa shape index (κ3) is 5.00. The zero-order valence-corrected chi connectivity index (χ0v) is 13.0. The van der Waals surface area contributed by atoms with Crippen LogP contribution in [0.2, 0.25) is 0 Å². The first-order valence-electron chi connectivity index (χ1n) is 7.81. The first-order chi connectivity index (χ1) is 10.2. The van der Waals surface area contributed by atoms with E-state index in [2.05, 4.69) is 32.1 Å². The number of hydrogen-bond donors (Lipinski definition) is 2. The van der Waals surface area contributed by atoms with Gasteiger partial charge in [-0.2, -0.15) is 15.0 Å². The van der Waals surface area contributed by atoms with Crippen molar-refractivity contribution >= 4 is 11.9 Å². The predicted molar refractivity (Wildman–Crippen MR) is 83.4 cm³/mol. The Bertz CT molecular complexity index is 433. The Morgan fingerprint density at radius 3 is 2.67 bits per heavy atom. The van der Waals surface area contributed by atoms with Crippen LogP contribution in [-0.4, -0.2) is 52.6 Å². The Morgan fingerprint density at radius 2 is 2.00 bits per heavy atom. The van der Waals surface area contributed by atoms with Crippen LogP contribution in [0.25, 0.3) is 0 Å². The molecule has 0 aliphatic carbocycles. The van der Waals surface area contributed by atoms with Gasteiger partial charge in [0.2, 0.25) is 11.9 Å². The van der Waals surface area contributed by atoms with Crippen molar-refractivity contribution in [3.8, 4) is 6.01 Å². The third-order valence-electron chi connectivity index (χ3n) is 3.77. The summed E-state index contributed by atoms with van der Waals surface area (Å²) < 4.78 is 5.41. The van der Waals surface area contributed by atoms with Gasteiger partial charge in [-0.05, 0) is 44.8 Å². The lowest BCUT2D eigenvalue weighted by atomic mass is 9.97. The fourth-order valence-electron chi connectivity index (χ4n) is 2.45. The average molecular weight is 294 g/mol. The van der Waals surface area contributed by atoms with Gasteiger partial charge >= 0.3 is 6.01 Å². The quantitative estimate of drug-likeness (QED) is 0.785. The molecule has 1 saturated heterocycles. The van der Waals surface area contributed by atoms with E-state index in [0.29, 0.717) is 24.5 Å². The van der Waals surface area contributed by atoms with Gasteiger partial charge in [-0.3, -0.25) is 0 Å². The largest absolute Gasteiger partial charge is 0.463 e. The van der Waals surface area contributed by atoms with Gasteiger partial charge in [-0.25, -0.2) is 0 Å². The van der Waals surface area contributed by atoms with E-state index in [0.717, 1.165) is 19.5 Å². The summed E-state index contributed by atoms with van der Waals surface area (Å²) in [7, 11) is 0. The monoisotopic (exact) mass is 294 g/mol. The predicted octanol–water partition coefficient (Wildman–Crippen LogP) is 1.39. The van der Waals surface area contributed by atoms with Gasteiger partial charge in [0.1, 0.15) is 0 Å². The Balaban J connectivity index is 1.84. The molecule has 1 fully saturated rings. The number of anilines is 2. The number of ether oxygens (including phenoxy) is 1. The molecule has 0 amide bonds. The summed E-state index contributed by atoms with van der Waals surface area (Å²) in [5.41, 5.74) is 5.69. The minimum Gasteiger partial charge on any atom is -0.463 e. The highest BCUT2D eigenvalue weighted by atomic mass is 16.5. The summed E-state index contributed by atoms with van der Waals surface area (Å²) in [4.78, 5) is 14.8. The van der Waals surface area contributed by atoms with Crippen LogP contribution in [0.5, 0.6) is 6.01 Å². The molecule has 0 radical (unpaired) electrons. The second-order valence-corrected chi connectivity index (χ2v) is 5.41. The van der Waals surface area contributed by atoms with Gasteiger partial charge in [0.05, 0.1) is 6.61 Å². The molecule has 7 heteroatoms. The summed E-state index contributed by atoms with van der Waals surface area (Å²) in [6.07, 6.45) is 3.32. The maximum atomic E-state index is 5.69. The molecule has 0 unspecified atom stereocenters. The number of aromatic nitrogens is 3. The molecule has 1 aromatic heterocycles. The smallest absolute Gasteiger partial charge is 0.323 e. The van der Waals surface area contributed by atoms with Crippen molar-refractivity contribution in [1.29, 1.82) is 0 Å². The van der Waals surface area contributed by atoms with Crippen LogP contribution >= 0.6 is 0 Å². The molecule has 0 spiro atoms. The molecule has 2 rings (SSSR count). The lowest BCUT2D eigenvalue weighted by molar-refractivity contribution is 0.198. The van der Waals surface area contributed by atoms with E-state index in [4.69, 9.17) is 10.5 Å². The van der Waals surface area contributed by atoms with Crippen LogP contribution in [0.4, 0.5) is 11.9 Å². The third-order valence-corrected chi connectivity index (χ3v) is 3.77. The molecule has 1 aromatic rings. The van der Waals surface area contributed by atoms with E-state index in [1.807, 2.05) is 6.92 Å². The molecule has 0 saturated carbocycles. The molecule has 118 valence electrons. The average Bonchev–Trinajstić information content (AvgIpc) is 2.51. The van der Waals surface area contributed by atoms with E-state index in [1.54, 1.807) is 0 Å². The van der Waals surface area contributed by atoms with Crippen LogP contribution in [0.1, 0.15) is 33.1 Å². The van der Waals surface area contributed by atoms with Gasteiger partial charge in [-0.1, -0.05) is 13.8 Å². The highest BCUT2D eigenvalue weighted by molar-refractivity contribution is 5.32. The lowest BCUT2D eigenvalue weighted by Crippen LogP contribution is -2.35.